The van der Waals surface area contributed by atoms with Crippen LogP contribution in [-0.4, -0.2) is 52.4 Å². The first-order valence-electron chi connectivity index (χ1n) is 10.4. The van der Waals surface area contributed by atoms with Crippen LogP contribution in [0.2, 0.25) is 0 Å². The van der Waals surface area contributed by atoms with E-state index in [2.05, 4.69) is 20.5 Å². The lowest BCUT2D eigenvalue weighted by Gasteiger charge is -2.36. The van der Waals surface area contributed by atoms with E-state index in [4.69, 9.17) is 9.15 Å². The first kappa shape index (κ1) is 20.5. The zero-order valence-electron chi connectivity index (χ0n) is 17.1. The number of carbonyl (C=O) groups excluding carboxylic acids is 1. The summed E-state index contributed by atoms with van der Waals surface area (Å²) in [7, 11) is 0. The Bertz CT molecular complexity index is 1100. The molecule has 166 valence electrons. The molecule has 0 saturated carbocycles. The highest BCUT2D eigenvalue weighted by molar-refractivity contribution is 5.89. The molecular formula is C22H21F2N5O3. The summed E-state index contributed by atoms with van der Waals surface area (Å²) in [6, 6.07) is 6.06. The first-order chi connectivity index (χ1) is 15.5. The Hall–Kier alpha value is -3.40. The van der Waals surface area contributed by atoms with Gasteiger partial charge in [-0.3, -0.25) is 4.98 Å². The van der Waals surface area contributed by atoms with Crippen LogP contribution in [0.4, 0.5) is 19.3 Å². The fraction of sp³-hybridized carbons (Fsp3) is 0.364. The van der Waals surface area contributed by atoms with Crippen LogP contribution >= 0.6 is 0 Å². The number of nitrogens with zero attached hydrogens (tertiary/aromatic N) is 4. The molecule has 8 nitrogen and oxygen atoms in total. The second-order valence-electron chi connectivity index (χ2n) is 8.18. The minimum Gasteiger partial charge on any atom is -0.420 e. The molecule has 2 saturated heterocycles. The average Bonchev–Trinajstić information content (AvgIpc) is 3.40. The van der Waals surface area contributed by atoms with Gasteiger partial charge in [-0.2, -0.15) is 0 Å². The second kappa shape index (κ2) is 8.27. The fourth-order valence-electron chi connectivity index (χ4n) is 4.56. The smallest absolute Gasteiger partial charge is 0.321 e. The molecule has 4 heterocycles. The van der Waals surface area contributed by atoms with Crippen LogP contribution < -0.4 is 5.32 Å². The molecule has 1 unspecified atom stereocenters. The molecule has 2 aromatic heterocycles. The van der Waals surface area contributed by atoms with Crippen molar-refractivity contribution >= 4 is 11.7 Å². The van der Waals surface area contributed by atoms with E-state index in [9.17, 15) is 13.6 Å². The Morgan fingerprint density at radius 1 is 1.09 bits per heavy atom. The zero-order valence-corrected chi connectivity index (χ0v) is 17.1. The standard InChI is InChI=1S/C22H21F2N5O3/c23-15-9-16(24)11-17(10-15)26-21(30)29-12-18(22(13-29)3-7-31-8-4-22)20-28-27-19(32-20)14-1-5-25-6-2-14/h1-2,5-6,9-11,18H,3-4,7-8,12-13H2,(H,26,30). The highest BCUT2D eigenvalue weighted by atomic mass is 19.1. The average molecular weight is 441 g/mol. The highest BCUT2D eigenvalue weighted by Gasteiger charge is 2.51. The molecule has 1 N–H and O–H groups in total. The van der Waals surface area contributed by atoms with E-state index in [1.807, 2.05) is 0 Å². The van der Waals surface area contributed by atoms with Gasteiger partial charge in [-0.15, -0.1) is 10.2 Å². The van der Waals surface area contributed by atoms with Gasteiger partial charge in [-0.1, -0.05) is 0 Å². The van der Waals surface area contributed by atoms with Crippen molar-refractivity contribution in [1.82, 2.24) is 20.1 Å². The molecule has 0 aliphatic carbocycles. The lowest BCUT2D eigenvalue weighted by atomic mass is 9.72. The lowest BCUT2D eigenvalue weighted by Crippen LogP contribution is -2.38. The Morgan fingerprint density at radius 2 is 1.81 bits per heavy atom. The Morgan fingerprint density at radius 3 is 2.53 bits per heavy atom. The van der Waals surface area contributed by atoms with Crippen molar-refractivity contribution in [3.05, 3.63) is 60.3 Å². The summed E-state index contributed by atoms with van der Waals surface area (Å²) >= 11 is 0. The van der Waals surface area contributed by atoms with Crippen molar-refractivity contribution in [2.45, 2.75) is 18.8 Å². The topological polar surface area (TPSA) is 93.4 Å². The Kier molecular flexibility index (Phi) is 5.30. The number of carbonyl (C=O) groups is 1. The number of nitrogens with one attached hydrogen (secondary N) is 1. The lowest BCUT2D eigenvalue weighted by molar-refractivity contribution is 0.0104. The maximum atomic E-state index is 13.5. The number of anilines is 1. The molecule has 2 fully saturated rings. The number of rotatable bonds is 3. The van der Waals surface area contributed by atoms with Gasteiger partial charge in [0, 0.05) is 61.4 Å². The predicted molar refractivity (Wildman–Crippen MR) is 110 cm³/mol. The number of halogens is 2. The van der Waals surface area contributed by atoms with Crippen molar-refractivity contribution < 1.29 is 22.7 Å². The Balaban J connectivity index is 1.40. The largest absolute Gasteiger partial charge is 0.420 e. The van der Waals surface area contributed by atoms with Gasteiger partial charge in [0.15, 0.2) is 0 Å². The van der Waals surface area contributed by atoms with E-state index in [-0.39, 0.29) is 17.0 Å². The van der Waals surface area contributed by atoms with Crippen molar-refractivity contribution in [3.8, 4) is 11.5 Å². The molecule has 1 aromatic carbocycles. The molecule has 0 radical (unpaired) electrons. The van der Waals surface area contributed by atoms with Crippen LogP contribution in [-0.2, 0) is 4.74 Å². The van der Waals surface area contributed by atoms with Gasteiger partial charge in [0.1, 0.15) is 11.6 Å². The number of hydrogen-bond acceptors (Lipinski definition) is 6. The van der Waals surface area contributed by atoms with Crippen LogP contribution in [0.15, 0.2) is 47.1 Å². The van der Waals surface area contributed by atoms with E-state index < -0.39 is 17.7 Å². The zero-order chi connectivity index (χ0) is 22.1. The van der Waals surface area contributed by atoms with Crippen molar-refractivity contribution in [2.24, 2.45) is 5.41 Å². The monoisotopic (exact) mass is 441 g/mol. The fourth-order valence-corrected chi connectivity index (χ4v) is 4.56. The molecule has 10 heteroatoms. The van der Waals surface area contributed by atoms with Crippen LogP contribution in [0, 0.1) is 17.0 Å². The summed E-state index contributed by atoms with van der Waals surface area (Å²) in [5, 5.41) is 11.1. The van der Waals surface area contributed by atoms with Crippen molar-refractivity contribution in [3.63, 3.8) is 0 Å². The third kappa shape index (κ3) is 3.93. The van der Waals surface area contributed by atoms with Crippen LogP contribution in [0.3, 0.4) is 0 Å². The van der Waals surface area contributed by atoms with E-state index in [1.54, 1.807) is 29.4 Å². The van der Waals surface area contributed by atoms with Crippen LogP contribution in [0.5, 0.6) is 0 Å². The van der Waals surface area contributed by atoms with Gasteiger partial charge in [-0.25, -0.2) is 13.6 Å². The van der Waals surface area contributed by atoms with Gasteiger partial charge in [0.25, 0.3) is 0 Å². The number of hydrogen-bond donors (Lipinski definition) is 1. The van der Waals surface area contributed by atoms with Crippen LogP contribution in [0.25, 0.3) is 11.5 Å². The van der Waals surface area contributed by atoms with Gasteiger partial charge in [0.2, 0.25) is 11.8 Å². The normalized spacial score (nSPS) is 19.9. The molecule has 2 aliphatic heterocycles. The van der Waals surface area contributed by atoms with Crippen LogP contribution in [0.1, 0.15) is 24.7 Å². The quantitative estimate of drug-likeness (QED) is 0.664. The molecule has 3 aromatic rings. The summed E-state index contributed by atoms with van der Waals surface area (Å²) in [5.41, 5.74) is 0.556. The number of ether oxygens (including phenoxy) is 1. The summed E-state index contributed by atoms with van der Waals surface area (Å²) in [4.78, 5) is 18.6. The van der Waals surface area contributed by atoms with Gasteiger partial charge in [-0.05, 0) is 37.1 Å². The first-order valence-corrected chi connectivity index (χ1v) is 10.4. The van der Waals surface area contributed by atoms with Crippen molar-refractivity contribution in [1.29, 1.82) is 0 Å². The maximum Gasteiger partial charge on any atom is 0.321 e. The third-order valence-electron chi connectivity index (χ3n) is 6.20. The molecule has 0 bridgehead atoms. The number of amides is 2. The molecule has 2 aliphatic rings. The summed E-state index contributed by atoms with van der Waals surface area (Å²) in [5.74, 6) is -0.831. The molecule has 32 heavy (non-hydrogen) atoms. The number of urea groups is 1. The van der Waals surface area contributed by atoms with E-state index >= 15 is 0 Å². The third-order valence-corrected chi connectivity index (χ3v) is 6.20. The second-order valence-corrected chi connectivity index (χ2v) is 8.18. The van der Waals surface area contributed by atoms with Gasteiger partial charge >= 0.3 is 6.03 Å². The molecule has 1 spiro atoms. The number of likely N-dealkylation sites (tertiary alicyclic amines) is 1. The highest BCUT2D eigenvalue weighted by Crippen LogP contribution is 2.49. The van der Waals surface area contributed by atoms with Gasteiger partial charge < -0.3 is 19.4 Å². The summed E-state index contributed by atoms with van der Waals surface area (Å²) in [6.07, 6.45) is 4.78. The molecule has 5 rings (SSSR count). The SMILES string of the molecule is O=C(Nc1cc(F)cc(F)c1)N1CC(c2nnc(-c3ccncc3)o2)C2(CCOCC2)C1. The number of pyridine rings is 1. The molecular weight excluding hydrogens is 420 g/mol. The van der Waals surface area contributed by atoms with E-state index in [1.165, 1.54) is 0 Å². The minimum absolute atomic E-state index is 0.0646. The van der Waals surface area contributed by atoms with Gasteiger partial charge in [0.05, 0.1) is 5.92 Å². The molecule has 2 amide bonds. The summed E-state index contributed by atoms with van der Waals surface area (Å²) < 4.78 is 38.6. The number of benzene rings is 1. The minimum atomic E-state index is -0.755. The molecule has 1 atom stereocenters. The van der Waals surface area contributed by atoms with E-state index in [0.717, 1.165) is 36.6 Å². The Labute approximate surface area is 182 Å². The maximum absolute atomic E-state index is 13.5. The van der Waals surface area contributed by atoms with Crippen molar-refractivity contribution in [2.75, 3.05) is 31.6 Å². The summed E-state index contributed by atoms with van der Waals surface area (Å²) in [6.45, 7) is 1.96. The number of aromatic nitrogens is 3. The predicted octanol–water partition coefficient (Wildman–Crippen LogP) is 3.84. The van der Waals surface area contributed by atoms with E-state index in [0.29, 0.717) is 38.1 Å².